The molecule has 1 rings (SSSR count). The predicted molar refractivity (Wildman–Crippen MR) is 183 cm³/mol. The Morgan fingerprint density at radius 2 is 0.873 bits per heavy atom. The van der Waals surface area contributed by atoms with Crippen LogP contribution < -0.4 is 53.6 Å². The summed E-state index contributed by atoms with van der Waals surface area (Å²) in [6.07, 6.45) is -0.150. The minimum atomic E-state index is -1.71. The maximum atomic E-state index is 12.9. The fourth-order valence-electron chi connectivity index (χ4n) is 4.00. The van der Waals surface area contributed by atoms with Gasteiger partial charge in [-0.25, -0.2) is 0 Å². The van der Waals surface area contributed by atoms with Crippen molar-refractivity contribution >= 4 is 59.1 Å². The van der Waals surface area contributed by atoms with Crippen molar-refractivity contribution in [2.24, 2.45) is 5.73 Å². The van der Waals surface area contributed by atoms with Crippen molar-refractivity contribution in [3.05, 3.63) is 29.8 Å². The standard InChI is InChI=1S/C30H44N10O15/c31-6-21(45)38-19(13-42)29(54)40-20(14-43)30(55)39-18(12-41)28(53)36-9-24(48)33-10-25(49)37-17(5-15-1-3-16(44)4-2-15)27(52)35-8-23(47)32-7-22(46)34-11-26(50)51/h1-4,17-20,41-44H,5-14,31H2,(H,32,47)(H,33,48)(H,34,46)(H,35,52)(H,36,53)(H,37,49)(H,38,45)(H,39,55)(H,40,54)(H,50,51)/t17-,18-,19-,20-/m0/s1. The maximum Gasteiger partial charge on any atom is 0.322 e. The highest BCUT2D eigenvalue weighted by atomic mass is 16.4. The zero-order valence-corrected chi connectivity index (χ0v) is 29.1. The van der Waals surface area contributed by atoms with E-state index in [1.807, 2.05) is 16.0 Å². The van der Waals surface area contributed by atoms with Crippen LogP contribution in [0.5, 0.6) is 5.75 Å². The number of carbonyl (C=O) groups excluding carboxylic acids is 9. The number of amides is 9. The lowest BCUT2D eigenvalue weighted by molar-refractivity contribution is -0.138. The molecule has 0 saturated carbocycles. The quantitative estimate of drug-likeness (QED) is 0.0463. The molecule has 0 radical (unpaired) electrons. The van der Waals surface area contributed by atoms with Crippen LogP contribution in [-0.4, -0.2) is 168 Å². The fraction of sp³-hybridized carbons (Fsp3) is 0.467. The number of aliphatic carboxylic acids is 1. The molecule has 0 unspecified atom stereocenters. The van der Waals surface area contributed by atoms with E-state index in [0.29, 0.717) is 5.56 Å². The number of hydrogen-bond donors (Lipinski definition) is 15. The lowest BCUT2D eigenvalue weighted by Gasteiger charge is -2.23. The summed E-state index contributed by atoms with van der Waals surface area (Å²) < 4.78 is 0. The van der Waals surface area contributed by atoms with Crippen LogP contribution in [0.3, 0.4) is 0 Å². The van der Waals surface area contributed by atoms with Gasteiger partial charge < -0.3 is 79.1 Å². The van der Waals surface area contributed by atoms with Crippen molar-refractivity contribution < 1.29 is 73.5 Å². The number of aliphatic hydroxyl groups is 3. The van der Waals surface area contributed by atoms with Gasteiger partial charge in [-0.3, -0.25) is 47.9 Å². The number of phenols is 1. The van der Waals surface area contributed by atoms with Crippen LogP contribution in [0.2, 0.25) is 0 Å². The van der Waals surface area contributed by atoms with E-state index in [9.17, 15) is 68.4 Å². The first-order valence-corrected chi connectivity index (χ1v) is 16.1. The second-order valence-electron chi connectivity index (χ2n) is 11.1. The largest absolute Gasteiger partial charge is 0.508 e. The van der Waals surface area contributed by atoms with Gasteiger partial charge in [0.25, 0.3) is 0 Å². The molecular formula is C30H44N10O15. The highest BCUT2D eigenvalue weighted by Crippen LogP contribution is 2.11. The predicted octanol–water partition coefficient (Wildman–Crippen LogP) is -9.52. The Morgan fingerprint density at radius 3 is 1.33 bits per heavy atom. The van der Waals surface area contributed by atoms with E-state index in [1.165, 1.54) is 24.3 Å². The lowest BCUT2D eigenvalue weighted by atomic mass is 10.0. The van der Waals surface area contributed by atoms with Gasteiger partial charge >= 0.3 is 5.97 Å². The number of carbonyl (C=O) groups is 10. The second-order valence-corrected chi connectivity index (χ2v) is 11.1. The molecule has 0 aliphatic carbocycles. The maximum absolute atomic E-state index is 12.9. The summed E-state index contributed by atoms with van der Waals surface area (Å²) in [5, 5.41) is 65.8. The number of benzene rings is 1. The second kappa shape index (κ2) is 24.7. The topological polar surface area (TPSA) is 406 Å². The summed E-state index contributed by atoms with van der Waals surface area (Å²) in [6.45, 7) is -6.81. The van der Waals surface area contributed by atoms with Crippen LogP contribution in [0, 0.1) is 0 Å². The van der Waals surface area contributed by atoms with Crippen LogP contribution in [0.25, 0.3) is 0 Å². The van der Waals surface area contributed by atoms with E-state index in [4.69, 9.17) is 10.8 Å². The normalized spacial score (nSPS) is 12.6. The molecule has 0 fully saturated rings. The molecule has 1 aromatic carbocycles. The van der Waals surface area contributed by atoms with Crippen molar-refractivity contribution in [1.29, 1.82) is 0 Å². The van der Waals surface area contributed by atoms with Crippen molar-refractivity contribution in [3.63, 3.8) is 0 Å². The Labute approximate surface area is 311 Å². The molecule has 4 atom stereocenters. The first-order valence-electron chi connectivity index (χ1n) is 16.1. The minimum absolute atomic E-state index is 0.0812. The molecule has 55 heavy (non-hydrogen) atoms. The van der Waals surface area contributed by atoms with Gasteiger partial charge in [0.15, 0.2) is 0 Å². The number of aliphatic hydroxyl groups excluding tert-OH is 3. The van der Waals surface area contributed by atoms with E-state index >= 15 is 0 Å². The SMILES string of the molecule is NCC(=O)N[C@@H](CO)C(=O)N[C@@H](CO)C(=O)N[C@@H](CO)C(=O)NCC(=O)NCC(=O)N[C@@H](Cc1ccc(O)cc1)C(=O)NCC(=O)NCC(=O)NCC(=O)O. The summed E-state index contributed by atoms with van der Waals surface area (Å²) in [6, 6.07) is -0.721. The van der Waals surface area contributed by atoms with E-state index < -0.39 is 142 Å². The molecule has 0 aliphatic rings. The summed E-state index contributed by atoms with van der Waals surface area (Å²) in [7, 11) is 0. The van der Waals surface area contributed by atoms with Gasteiger partial charge in [0.2, 0.25) is 53.2 Å². The van der Waals surface area contributed by atoms with Gasteiger partial charge in [0.1, 0.15) is 36.5 Å². The number of nitrogens with one attached hydrogen (secondary N) is 9. The highest BCUT2D eigenvalue weighted by Gasteiger charge is 2.29. The molecule has 0 aliphatic heterocycles. The Bertz CT molecular complexity index is 1540. The molecule has 16 N–H and O–H groups in total. The van der Waals surface area contributed by atoms with E-state index in [0.717, 1.165) is 0 Å². The van der Waals surface area contributed by atoms with Crippen LogP contribution in [0.1, 0.15) is 5.56 Å². The number of aromatic hydroxyl groups is 1. The van der Waals surface area contributed by atoms with Gasteiger partial charge in [0.05, 0.1) is 52.5 Å². The van der Waals surface area contributed by atoms with Gasteiger partial charge in [-0.05, 0) is 17.7 Å². The van der Waals surface area contributed by atoms with Crippen LogP contribution >= 0.6 is 0 Å². The molecule has 304 valence electrons. The average Bonchev–Trinajstić information content (AvgIpc) is 3.16. The number of nitrogens with two attached hydrogens (primary N) is 1. The first-order chi connectivity index (χ1) is 26.0. The Morgan fingerprint density at radius 1 is 0.491 bits per heavy atom. The third-order valence-corrected chi connectivity index (χ3v) is 6.85. The number of carboxylic acid groups (broad SMARTS) is 1. The zero-order chi connectivity index (χ0) is 41.5. The van der Waals surface area contributed by atoms with Crippen molar-refractivity contribution in [1.82, 2.24) is 47.9 Å². The highest BCUT2D eigenvalue weighted by molar-refractivity contribution is 5.96. The van der Waals surface area contributed by atoms with Gasteiger partial charge in [-0.15, -0.1) is 0 Å². The lowest BCUT2D eigenvalue weighted by Crippen LogP contribution is -2.59. The molecule has 25 heteroatoms. The summed E-state index contributed by atoms with van der Waals surface area (Å²) in [5.41, 5.74) is 5.60. The number of hydrogen-bond acceptors (Lipinski definition) is 15. The monoisotopic (exact) mass is 784 g/mol. The fourth-order valence-corrected chi connectivity index (χ4v) is 4.00. The van der Waals surface area contributed by atoms with Gasteiger partial charge in [0, 0.05) is 6.42 Å². The van der Waals surface area contributed by atoms with Gasteiger partial charge in [-0.1, -0.05) is 12.1 Å². The summed E-state index contributed by atoms with van der Waals surface area (Å²) in [5.74, 6) is -9.87. The van der Waals surface area contributed by atoms with Crippen LogP contribution in [0.15, 0.2) is 24.3 Å². The van der Waals surface area contributed by atoms with Crippen molar-refractivity contribution in [2.45, 2.75) is 30.6 Å². The number of carboxylic acids is 1. The molecule has 0 spiro atoms. The molecule has 0 saturated heterocycles. The molecule has 9 amide bonds. The first kappa shape index (κ1) is 46.6. The molecule has 1 aromatic rings. The smallest absolute Gasteiger partial charge is 0.322 e. The molecule has 0 heterocycles. The van der Waals surface area contributed by atoms with Gasteiger partial charge in [-0.2, -0.15) is 0 Å². The minimum Gasteiger partial charge on any atom is -0.508 e. The molecule has 0 bridgehead atoms. The number of rotatable bonds is 24. The van der Waals surface area contributed by atoms with E-state index in [1.54, 1.807) is 0 Å². The molecule has 25 nitrogen and oxygen atoms in total. The van der Waals surface area contributed by atoms with E-state index in [-0.39, 0.29) is 12.2 Å². The Kier molecular flexibility index (Phi) is 20.9. The molecule has 0 aromatic heterocycles. The van der Waals surface area contributed by atoms with Crippen LogP contribution in [-0.2, 0) is 54.4 Å². The third-order valence-electron chi connectivity index (χ3n) is 6.85. The average molecular weight is 785 g/mol. The van der Waals surface area contributed by atoms with Crippen molar-refractivity contribution in [2.75, 3.05) is 59.1 Å². The summed E-state index contributed by atoms with van der Waals surface area (Å²) in [4.78, 5) is 121. The number of phenolic OH excluding ortho intramolecular Hbond substituents is 1. The third kappa shape index (κ3) is 18.8. The molecular weight excluding hydrogens is 740 g/mol. The summed E-state index contributed by atoms with van der Waals surface area (Å²) >= 11 is 0. The van der Waals surface area contributed by atoms with Crippen molar-refractivity contribution in [3.8, 4) is 5.75 Å². The zero-order valence-electron chi connectivity index (χ0n) is 29.1. The van der Waals surface area contributed by atoms with Crippen LogP contribution in [0.4, 0.5) is 0 Å². The Balaban J connectivity index is 2.71. The Hall–Kier alpha value is -6.44. The van der Waals surface area contributed by atoms with E-state index in [2.05, 4.69) is 31.9 Å².